The number of hydrogen-bond donors (Lipinski definition) is 1. The molecule has 0 bridgehead atoms. The predicted octanol–water partition coefficient (Wildman–Crippen LogP) is 2.41. The van der Waals surface area contributed by atoms with Crippen LogP contribution < -0.4 is 4.74 Å². The second kappa shape index (κ2) is 4.90. The van der Waals surface area contributed by atoms with Crippen LogP contribution in [-0.4, -0.2) is 32.8 Å². The first-order valence-electron chi connectivity index (χ1n) is 6.34. The molecular formula is C15H13N3O3. The SMILES string of the molecule is COc1ccccc1-c1cc(C(=O)O)n2nc(C)cc2n1. The van der Waals surface area contributed by atoms with Crippen LogP contribution in [0, 0.1) is 6.92 Å². The topological polar surface area (TPSA) is 76.7 Å². The quantitative estimate of drug-likeness (QED) is 0.798. The van der Waals surface area contributed by atoms with Gasteiger partial charge in [-0.25, -0.2) is 14.3 Å². The summed E-state index contributed by atoms with van der Waals surface area (Å²) in [7, 11) is 1.57. The molecular weight excluding hydrogens is 270 g/mol. The summed E-state index contributed by atoms with van der Waals surface area (Å²) >= 11 is 0. The Hall–Kier alpha value is -2.89. The number of nitrogens with zero attached hydrogens (tertiary/aromatic N) is 3. The van der Waals surface area contributed by atoms with E-state index in [1.54, 1.807) is 20.1 Å². The van der Waals surface area contributed by atoms with Gasteiger partial charge in [-0.15, -0.1) is 0 Å². The molecule has 0 unspecified atom stereocenters. The van der Waals surface area contributed by atoms with Crippen LogP contribution in [0.3, 0.4) is 0 Å². The Morgan fingerprint density at radius 1 is 1.29 bits per heavy atom. The fourth-order valence-corrected chi connectivity index (χ4v) is 2.24. The summed E-state index contributed by atoms with van der Waals surface area (Å²) in [6.45, 7) is 1.79. The van der Waals surface area contributed by atoms with Gasteiger partial charge in [-0.1, -0.05) is 12.1 Å². The van der Waals surface area contributed by atoms with Crippen molar-refractivity contribution in [3.63, 3.8) is 0 Å². The maximum absolute atomic E-state index is 11.4. The van der Waals surface area contributed by atoms with Gasteiger partial charge in [0, 0.05) is 11.6 Å². The molecule has 6 heteroatoms. The summed E-state index contributed by atoms with van der Waals surface area (Å²) in [6.07, 6.45) is 0. The Morgan fingerprint density at radius 3 is 2.76 bits per heavy atom. The van der Waals surface area contributed by atoms with E-state index in [0.717, 1.165) is 5.56 Å². The number of rotatable bonds is 3. The Bertz CT molecular complexity index is 839. The highest BCUT2D eigenvalue weighted by Crippen LogP contribution is 2.29. The highest BCUT2D eigenvalue weighted by molar-refractivity contribution is 5.88. The standard InChI is InChI=1S/C15H13N3O3/c1-9-7-14-16-11(8-12(15(19)20)18(14)17-9)10-5-3-4-6-13(10)21-2/h3-8H,1-2H3,(H,19,20). The highest BCUT2D eigenvalue weighted by atomic mass is 16.5. The lowest BCUT2D eigenvalue weighted by Gasteiger charge is -2.09. The first-order chi connectivity index (χ1) is 10.1. The number of benzene rings is 1. The van der Waals surface area contributed by atoms with Crippen molar-refractivity contribution in [1.29, 1.82) is 0 Å². The number of carboxylic acids is 1. The Labute approximate surface area is 120 Å². The molecule has 0 radical (unpaired) electrons. The molecule has 0 atom stereocenters. The van der Waals surface area contributed by atoms with Crippen molar-refractivity contribution < 1.29 is 14.6 Å². The molecule has 21 heavy (non-hydrogen) atoms. The van der Waals surface area contributed by atoms with Crippen molar-refractivity contribution in [3.05, 3.63) is 47.8 Å². The summed E-state index contributed by atoms with van der Waals surface area (Å²) in [5.41, 5.74) is 2.55. The van der Waals surface area contributed by atoms with Crippen molar-refractivity contribution in [1.82, 2.24) is 14.6 Å². The number of aromatic nitrogens is 3. The lowest BCUT2D eigenvalue weighted by Crippen LogP contribution is -2.08. The maximum Gasteiger partial charge on any atom is 0.354 e. The summed E-state index contributed by atoms with van der Waals surface area (Å²) in [6, 6.07) is 10.6. The van der Waals surface area contributed by atoms with E-state index in [1.165, 1.54) is 10.6 Å². The van der Waals surface area contributed by atoms with Gasteiger partial charge >= 0.3 is 5.97 Å². The summed E-state index contributed by atoms with van der Waals surface area (Å²) < 4.78 is 6.64. The van der Waals surface area contributed by atoms with E-state index in [-0.39, 0.29) is 5.69 Å². The van der Waals surface area contributed by atoms with Gasteiger partial charge in [-0.3, -0.25) is 0 Å². The zero-order valence-electron chi connectivity index (χ0n) is 11.6. The zero-order chi connectivity index (χ0) is 15.0. The normalized spacial score (nSPS) is 10.8. The first kappa shape index (κ1) is 13.1. The molecule has 0 spiro atoms. The van der Waals surface area contributed by atoms with Crippen LogP contribution in [0.4, 0.5) is 0 Å². The minimum absolute atomic E-state index is 0.0639. The summed E-state index contributed by atoms with van der Waals surface area (Å²) in [5, 5.41) is 13.5. The minimum Gasteiger partial charge on any atom is -0.496 e. The second-order valence-corrected chi connectivity index (χ2v) is 4.59. The summed E-state index contributed by atoms with van der Waals surface area (Å²) in [4.78, 5) is 15.9. The molecule has 0 aliphatic heterocycles. The van der Waals surface area contributed by atoms with Crippen LogP contribution >= 0.6 is 0 Å². The van der Waals surface area contributed by atoms with E-state index in [0.29, 0.717) is 22.8 Å². The molecule has 0 aliphatic carbocycles. The third-order valence-electron chi connectivity index (χ3n) is 3.15. The van der Waals surface area contributed by atoms with Gasteiger partial charge in [0.05, 0.1) is 18.5 Å². The fourth-order valence-electron chi connectivity index (χ4n) is 2.24. The third-order valence-corrected chi connectivity index (χ3v) is 3.15. The van der Waals surface area contributed by atoms with Crippen molar-refractivity contribution in [2.75, 3.05) is 7.11 Å². The monoisotopic (exact) mass is 283 g/mol. The van der Waals surface area contributed by atoms with Crippen LogP contribution in [0.5, 0.6) is 5.75 Å². The van der Waals surface area contributed by atoms with Crippen molar-refractivity contribution >= 4 is 11.6 Å². The van der Waals surface area contributed by atoms with E-state index >= 15 is 0 Å². The third kappa shape index (κ3) is 2.20. The molecule has 106 valence electrons. The smallest absolute Gasteiger partial charge is 0.354 e. The van der Waals surface area contributed by atoms with Gasteiger partial charge in [-0.2, -0.15) is 5.10 Å². The van der Waals surface area contributed by atoms with Crippen molar-refractivity contribution in [2.45, 2.75) is 6.92 Å². The molecule has 0 amide bonds. The lowest BCUT2D eigenvalue weighted by atomic mass is 10.1. The van der Waals surface area contributed by atoms with Crippen molar-refractivity contribution in [2.24, 2.45) is 0 Å². The van der Waals surface area contributed by atoms with E-state index in [9.17, 15) is 9.90 Å². The fraction of sp³-hybridized carbons (Fsp3) is 0.133. The number of aromatic carboxylic acids is 1. The lowest BCUT2D eigenvalue weighted by molar-refractivity contribution is 0.0687. The molecule has 3 aromatic rings. The van der Waals surface area contributed by atoms with E-state index in [4.69, 9.17) is 4.74 Å². The number of ether oxygens (including phenoxy) is 1. The van der Waals surface area contributed by atoms with Crippen LogP contribution in [0.15, 0.2) is 36.4 Å². The van der Waals surface area contributed by atoms with Gasteiger partial charge in [-0.05, 0) is 25.1 Å². The predicted molar refractivity (Wildman–Crippen MR) is 76.7 cm³/mol. The Balaban J connectivity index is 2.31. The average Bonchev–Trinajstić information content (AvgIpc) is 2.85. The summed E-state index contributed by atoms with van der Waals surface area (Å²) in [5.74, 6) is -0.413. The van der Waals surface area contributed by atoms with Gasteiger partial charge in [0.2, 0.25) is 0 Å². The number of fused-ring (bicyclic) bond motifs is 1. The Kier molecular flexibility index (Phi) is 3.06. The molecule has 0 aliphatic rings. The highest BCUT2D eigenvalue weighted by Gasteiger charge is 2.16. The van der Waals surface area contributed by atoms with Gasteiger partial charge in [0.25, 0.3) is 0 Å². The van der Waals surface area contributed by atoms with Crippen LogP contribution in [0.1, 0.15) is 16.2 Å². The largest absolute Gasteiger partial charge is 0.496 e. The van der Waals surface area contributed by atoms with Gasteiger partial charge < -0.3 is 9.84 Å². The molecule has 0 saturated heterocycles. The number of carboxylic acid groups (broad SMARTS) is 1. The second-order valence-electron chi connectivity index (χ2n) is 4.59. The van der Waals surface area contributed by atoms with Gasteiger partial charge in [0.1, 0.15) is 5.75 Å². The molecule has 6 nitrogen and oxygen atoms in total. The number of hydrogen-bond acceptors (Lipinski definition) is 4. The molecule has 1 N–H and O–H groups in total. The molecule has 3 rings (SSSR count). The van der Waals surface area contributed by atoms with Crippen LogP contribution in [0.2, 0.25) is 0 Å². The van der Waals surface area contributed by atoms with Crippen LogP contribution in [-0.2, 0) is 0 Å². The molecule has 1 aromatic carbocycles. The van der Waals surface area contributed by atoms with E-state index in [1.807, 2.05) is 24.3 Å². The number of methoxy groups -OCH3 is 1. The van der Waals surface area contributed by atoms with Gasteiger partial charge in [0.15, 0.2) is 11.3 Å². The molecule has 2 heterocycles. The Morgan fingerprint density at radius 2 is 2.05 bits per heavy atom. The zero-order valence-corrected chi connectivity index (χ0v) is 11.6. The number of para-hydroxylation sites is 1. The molecule has 0 saturated carbocycles. The molecule has 2 aromatic heterocycles. The number of aryl methyl sites for hydroxylation is 1. The van der Waals surface area contributed by atoms with Crippen LogP contribution in [0.25, 0.3) is 16.9 Å². The number of carbonyl (C=O) groups is 1. The van der Waals surface area contributed by atoms with E-state index in [2.05, 4.69) is 10.1 Å². The average molecular weight is 283 g/mol. The maximum atomic E-state index is 11.4. The van der Waals surface area contributed by atoms with Crippen molar-refractivity contribution in [3.8, 4) is 17.0 Å². The first-order valence-corrected chi connectivity index (χ1v) is 6.34. The molecule has 0 fully saturated rings. The van der Waals surface area contributed by atoms with E-state index < -0.39 is 5.97 Å². The minimum atomic E-state index is -1.05.